The Morgan fingerprint density at radius 2 is 1.84 bits per heavy atom. The number of carbonyl (C=O) groups is 1. The fourth-order valence-electron chi connectivity index (χ4n) is 4.43. The van der Waals surface area contributed by atoms with Gasteiger partial charge in [-0.3, -0.25) is 9.48 Å². The first kappa shape index (κ1) is 23.1. The largest absolute Gasteiger partial charge is 0.368 e. The second-order valence-electron chi connectivity index (χ2n) is 8.41. The Hall–Kier alpha value is -2.10. The van der Waals surface area contributed by atoms with Crippen LogP contribution in [-0.2, 0) is 16.6 Å². The molecule has 0 spiro atoms. The zero-order valence-corrected chi connectivity index (χ0v) is 19.9. The van der Waals surface area contributed by atoms with Gasteiger partial charge in [0.25, 0.3) is 15.9 Å². The maximum Gasteiger partial charge on any atom is 0.263 e. The molecule has 10 heteroatoms. The third-order valence-electron chi connectivity index (χ3n) is 6.13. The summed E-state index contributed by atoms with van der Waals surface area (Å²) in [5.41, 5.74) is 1.04. The van der Waals surface area contributed by atoms with E-state index in [1.54, 1.807) is 10.9 Å². The molecular weight excluding hydrogens is 450 g/mol. The number of benzene rings is 1. The summed E-state index contributed by atoms with van der Waals surface area (Å²) < 4.78 is 30.0. The number of aryl methyl sites for hydroxylation is 1. The van der Waals surface area contributed by atoms with Crippen LogP contribution in [-0.4, -0.2) is 60.6 Å². The van der Waals surface area contributed by atoms with Crippen molar-refractivity contribution in [3.63, 3.8) is 0 Å². The molecule has 0 bridgehead atoms. The number of para-hydroxylation sites is 1. The molecular formula is C22H30ClN5O3S. The van der Waals surface area contributed by atoms with Crippen LogP contribution in [0.3, 0.4) is 0 Å². The van der Waals surface area contributed by atoms with Crippen molar-refractivity contribution in [1.82, 2.24) is 19.4 Å². The topological polar surface area (TPSA) is 87.5 Å². The molecule has 1 N–H and O–H groups in total. The van der Waals surface area contributed by atoms with Gasteiger partial charge in [0.15, 0.2) is 0 Å². The third-order valence-corrected chi connectivity index (χ3v) is 8.29. The highest BCUT2D eigenvalue weighted by atomic mass is 35.5. The first-order chi connectivity index (χ1) is 15.4. The van der Waals surface area contributed by atoms with Gasteiger partial charge in [-0.25, -0.2) is 8.42 Å². The Morgan fingerprint density at radius 1 is 1.16 bits per heavy atom. The molecule has 1 aromatic carbocycles. The van der Waals surface area contributed by atoms with Crippen LogP contribution in [0.15, 0.2) is 35.5 Å². The lowest BCUT2D eigenvalue weighted by Gasteiger charge is -2.35. The maximum absolute atomic E-state index is 13.5. The van der Waals surface area contributed by atoms with Crippen LogP contribution in [0.4, 0.5) is 5.69 Å². The van der Waals surface area contributed by atoms with Gasteiger partial charge in [0.1, 0.15) is 0 Å². The van der Waals surface area contributed by atoms with Crippen LogP contribution in [0.5, 0.6) is 0 Å². The van der Waals surface area contributed by atoms with Gasteiger partial charge in [-0.15, -0.1) is 0 Å². The normalized spacial score (nSPS) is 18.2. The van der Waals surface area contributed by atoms with E-state index in [9.17, 15) is 13.2 Å². The lowest BCUT2D eigenvalue weighted by molar-refractivity contribution is 0.0934. The molecule has 0 atom stereocenters. The van der Waals surface area contributed by atoms with Gasteiger partial charge in [0.2, 0.25) is 5.03 Å². The molecule has 1 saturated heterocycles. The van der Waals surface area contributed by atoms with Crippen molar-refractivity contribution in [2.24, 2.45) is 0 Å². The molecule has 0 unspecified atom stereocenters. The van der Waals surface area contributed by atoms with Gasteiger partial charge in [0.05, 0.1) is 16.3 Å². The van der Waals surface area contributed by atoms with Crippen LogP contribution in [0, 0.1) is 0 Å². The number of halogens is 1. The van der Waals surface area contributed by atoms with E-state index in [1.807, 2.05) is 31.2 Å². The number of carbonyl (C=O) groups excluding carboxylic acids is 1. The van der Waals surface area contributed by atoms with Gasteiger partial charge in [-0.2, -0.15) is 9.40 Å². The Kier molecular flexibility index (Phi) is 7.07. The standard InChI is InChI=1S/C22H30ClN5O3S/c1-2-11-27-16-18(21(29)24-17-7-3-4-8-17)22(25-27)32(30,31)28-14-12-26(13-15-28)20-10-6-5-9-19(20)23/h5-6,9-10,16-17H,2-4,7-8,11-15H2,1H3,(H,24,29). The highest BCUT2D eigenvalue weighted by Gasteiger charge is 2.35. The summed E-state index contributed by atoms with van der Waals surface area (Å²) in [6.07, 6.45) is 6.39. The number of hydrogen-bond acceptors (Lipinski definition) is 5. The van der Waals surface area contributed by atoms with Crippen molar-refractivity contribution in [3.05, 3.63) is 41.0 Å². The Balaban J connectivity index is 1.54. The summed E-state index contributed by atoms with van der Waals surface area (Å²) in [7, 11) is -3.90. The predicted molar refractivity (Wildman–Crippen MR) is 125 cm³/mol. The molecule has 1 aliphatic carbocycles. The second-order valence-corrected chi connectivity index (χ2v) is 10.7. The van der Waals surface area contributed by atoms with Gasteiger partial charge in [-0.05, 0) is 31.4 Å². The molecule has 8 nitrogen and oxygen atoms in total. The predicted octanol–water partition coefficient (Wildman–Crippen LogP) is 3.13. The zero-order valence-electron chi connectivity index (χ0n) is 18.3. The molecule has 2 aromatic rings. The quantitative estimate of drug-likeness (QED) is 0.659. The molecule has 1 aromatic heterocycles. The average molecular weight is 480 g/mol. The number of aromatic nitrogens is 2. The van der Waals surface area contributed by atoms with E-state index < -0.39 is 10.0 Å². The SMILES string of the molecule is CCCn1cc(C(=O)NC2CCCC2)c(S(=O)(=O)N2CCN(c3ccccc3Cl)CC2)n1. The summed E-state index contributed by atoms with van der Waals surface area (Å²) in [6.45, 7) is 4.18. The van der Waals surface area contributed by atoms with E-state index in [0.717, 1.165) is 37.8 Å². The van der Waals surface area contributed by atoms with Crippen LogP contribution < -0.4 is 10.2 Å². The van der Waals surface area contributed by atoms with Crippen molar-refractivity contribution in [2.45, 2.75) is 56.6 Å². The van der Waals surface area contributed by atoms with Gasteiger partial charge in [-0.1, -0.05) is 43.5 Å². The van der Waals surface area contributed by atoms with Crippen molar-refractivity contribution < 1.29 is 13.2 Å². The van der Waals surface area contributed by atoms with E-state index in [-0.39, 0.29) is 22.5 Å². The van der Waals surface area contributed by atoms with Gasteiger partial charge >= 0.3 is 0 Å². The molecule has 32 heavy (non-hydrogen) atoms. The number of nitrogens with zero attached hydrogens (tertiary/aromatic N) is 4. The number of hydrogen-bond donors (Lipinski definition) is 1. The number of sulfonamides is 1. The summed E-state index contributed by atoms with van der Waals surface area (Å²) in [5.74, 6) is -0.354. The number of rotatable bonds is 7. The molecule has 2 fully saturated rings. The molecule has 4 rings (SSSR count). The highest BCUT2D eigenvalue weighted by molar-refractivity contribution is 7.89. The van der Waals surface area contributed by atoms with Crippen molar-refractivity contribution >= 4 is 33.2 Å². The van der Waals surface area contributed by atoms with Crippen LogP contribution >= 0.6 is 11.6 Å². The van der Waals surface area contributed by atoms with Crippen molar-refractivity contribution in [2.75, 3.05) is 31.1 Å². The number of piperazine rings is 1. The minimum Gasteiger partial charge on any atom is -0.368 e. The lowest BCUT2D eigenvalue weighted by Crippen LogP contribution is -2.49. The smallest absolute Gasteiger partial charge is 0.263 e. The third kappa shape index (κ3) is 4.79. The summed E-state index contributed by atoms with van der Waals surface area (Å²) in [4.78, 5) is 15.1. The van der Waals surface area contributed by atoms with Crippen molar-refractivity contribution in [1.29, 1.82) is 0 Å². The summed E-state index contributed by atoms with van der Waals surface area (Å²) in [5, 5.41) is 7.83. The maximum atomic E-state index is 13.5. The van der Waals surface area contributed by atoms with E-state index in [1.165, 1.54) is 4.31 Å². The zero-order chi connectivity index (χ0) is 22.7. The first-order valence-corrected chi connectivity index (χ1v) is 13.1. The van der Waals surface area contributed by atoms with Crippen LogP contribution in [0.2, 0.25) is 5.02 Å². The second kappa shape index (κ2) is 9.80. The van der Waals surface area contributed by atoms with E-state index in [0.29, 0.717) is 37.7 Å². The first-order valence-electron chi connectivity index (χ1n) is 11.3. The van der Waals surface area contributed by atoms with E-state index in [2.05, 4.69) is 15.3 Å². The molecule has 1 amide bonds. The van der Waals surface area contributed by atoms with Gasteiger partial charge < -0.3 is 10.2 Å². The van der Waals surface area contributed by atoms with Crippen molar-refractivity contribution in [3.8, 4) is 0 Å². The van der Waals surface area contributed by atoms with Gasteiger partial charge in [0, 0.05) is 45.0 Å². The number of amides is 1. The molecule has 2 heterocycles. The fourth-order valence-corrected chi connectivity index (χ4v) is 6.20. The Morgan fingerprint density at radius 3 is 2.50 bits per heavy atom. The molecule has 1 aliphatic heterocycles. The monoisotopic (exact) mass is 479 g/mol. The molecule has 174 valence electrons. The molecule has 0 radical (unpaired) electrons. The van der Waals surface area contributed by atoms with E-state index >= 15 is 0 Å². The number of nitrogens with one attached hydrogen (secondary N) is 1. The van der Waals surface area contributed by atoms with Crippen LogP contribution in [0.25, 0.3) is 0 Å². The Labute approximate surface area is 194 Å². The minimum atomic E-state index is -3.90. The fraction of sp³-hybridized carbons (Fsp3) is 0.545. The number of anilines is 1. The minimum absolute atomic E-state index is 0.103. The average Bonchev–Trinajstić information content (AvgIpc) is 3.45. The van der Waals surface area contributed by atoms with E-state index in [4.69, 9.17) is 11.6 Å². The summed E-state index contributed by atoms with van der Waals surface area (Å²) in [6, 6.07) is 7.66. The van der Waals surface area contributed by atoms with Crippen LogP contribution in [0.1, 0.15) is 49.4 Å². The molecule has 1 saturated carbocycles. The summed E-state index contributed by atoms with van der Waals surface area (Å²) >= 11 is 6.31. The Bertz CT molecular complexity index is 1060. The highest BCUT2D eigenvalue weighted by Crippen LogP contribution is 2.28. The molecule has 2 aliphatic rings. The lowest BCUT2D eigenvalue weighted by atomic mass is 10.2.